The number of para-hydroxylation sites is 1. The molecule has 32 heavy (non-hydrogen) atoms. The highest BCUT2D eigenvalue weighted by molar-refractivity contribution is 7.81. The molecule has 2 aromatic rings. The number of benzene rings is 2. The van der Waals surface area contributed by atoms with Crippen LogP contribution >= 0.6 is 12.6 Å². The Morgan fingerprint density at radius 2 is 1.72 bits per heavy atom. The van der Waals surface area contributed by atoms with E-state index in [1.165, 1.54) is 0 Å². The molecule has 2 rings (SSSR count). The van der Waals surface area contributed by atoms with Crippen molar-refractivity contribution in [2.24, 2.45) is 5.92 Å². The molecule has 172 valence electrons. The second-order valence-electron chi connectivity index (χ2n) is 6.90. The van der Waals surface area contributed by atoms with Gasteiger partial charge in [-0.3, -0.25) is 14.9 Å². The van der Waals surface area contributed by atoms with E-state index in [9.17, 15) is 14.4 Å². The summed E-state index contributed by atoms with van der Waals surface area (Å²) in [6, 6.07) is 15.2. The molecule has 0 spiro atoms. The van der Waals surface area contributed by atoms with Crippen LogP contribution in [0.25, 0.3) is 0 Å². The van der Waals surface area contributed by atoms with Crippen LogP contribution in [0.2, 0.25) is 0 Å². The number of imide groups is 1. The van der Waals surface area contributed by atoms with Crippen LogP contribution in [0.4, 0.5) is 4.79 Å². The summed E-state index contributed by atoms with van der Waals surface area (Å²) in [5.74, 6) is -0.923. The van der Waals surface area contributed by atoms with E-state index in [4.69, 9.17) is 19.3 Å². The molecule has 0 unspecified atom stereocenters. The molecule has 2 atom stereocenters. The first-order chi connectivity index (χ1) is 15.5. The second kappa shape index (κ2) is 13.4. The molecule has 8 nitrogen and oxygen atoms in total. The van der Waals surface area contributed by atoms with Crippen molar-refractivity contribution < 1.29 is 33.7 Å². The zero-order valence-electron chi connectivity index (χ0n) is 17.7. The molecule has 0 saturated heterocycles. The number of ether oxygens (including phenoxy) is 3. The van der Waals surface area contributed by atoms with Crippen molar-refractivity contribution in [3.8, 4) is 5.75 Å². The maximum absolute atomic E-state index is 12.5. The maximum Gasteiger partial charge on any atom is 0.414 e. The smallest absolute Gasteiger partial charge is 0.414 e. The molecule has 2 N–H and O–H groups in total. The number of thiol groups is 1. The number of amides is 2. The van der Waals surface area contributed by atoms with Gasteiger partial charge in [-0.1, -0.05) is 43.3 Å². The number of carbonyl (C=O) groups excluding carboxylic acids is 3. The van der Waals surface area contributed by atoms with Crippen LogP contribution in [-0.2, 0) is 14.3 Å². The quantitative estimate of drug-likeness (QED) is 0.348. The monoisotopic (exact) mass is 461 g/mol. The van der Waals surface area contributed by atoms with Crippen LogP contribution in [-0.4, -0.2) is 48.6 Å². The van der Waals surface area contributed by atoms with Gasteiger partial charge >= 0.3 is 12.1 Å². The fraction of sp³-hybridized carbons (Fsp3) is 0.348. The first-order valence-corrected chi connectivity index (χ1v) is 10.8. The van der Waals surface area contributed by atoms with Crippen LogP contribution in [0, 0.1) is 5.92 Å². The van der Waals surface area contributed by atoms with Gasteiger partial charge in [0.25, 0.3) is 5.91 Å². The van der Waals surface area contributed by atoms with Crippen molar-refractivity contribution in [3.05, 3.63) is 65.7 Å². The van der Waals surface area contributed by atoms with Crippen molar-refractivity contribution in [2.45, 2.75) is 19.4 Å². The molecule has 9 heteroatoms. The summed E-state index contributed by atoms with van der Waals surface area (Å²) in [5.41, 5.74) is 0.885. The Labute approximate surface area is 192 Å². The van der Waals surface area contributed by atoms with Gasteiger partial charge in [0, 0.05) is 17.0 Å². The molecule has 0 radical (unpaired) electrons. The SMILES string of the molecule is C[C@H](CCOC(=O)CS)[C@H](OC(=O)NC(=O)c1ccccc1)c1ccccc1OCCO. The minimum atomic E-state index is -0.917. The number of aliphatic hydroxyl groups is 1. The molecule has 0 aliphatic carbocycles. The maximum atomic E-state index is 12.5. The van der Waals surface area contributed by atoms with Gasteiger partial charge in [0.05, 0.1) is 19.0 Å². The molecule has 2 aromatic carbocycles. The van der Waals surface area contributed by atoms with Crippen molar-refractivity contribution in [2.75, 3.05) is 25.6 Å². The minimum Gasteiger partial charge on any atom is -0.491 e. The topological polar surface area (TPSA) is 111 Å². The Morgan fingerprint density at radius 3 is 2.41 bits per heavy atom. The van der Waals surface area contributed by atoms with E-state index >= 15 is 0 Å². The van der Waals surface area contributed by atoms with E-state index in [0.29, 0.717) is 23.3 Å². The molecule has 0 saturated carbocycles. The average molecular weight is 462 g/mol. The van der Waals surface area contributed by atoms with Gasteiger partial charge in [-0.25, -0.2) is 4.79 Å². The van der Waals surface area contributed by atoms with Crippen LogP contribution in [0.15, 0.2) is 54.6 Å². The van der Waals surface area contributed by atoms with Crippen LogP contribution in [0.5, 0.6) is 5.75 Å². The minimum absolute atomic E-state index is 0.0316. The predicted molar refractivity (Wildman–Crippen MR) is 121 cm³/mol. The van der Waals surface area contributed by atoms with Gasteiger partial charge in [0.15, 0.2) is 0 Å². The molecule has 0 aliphatic rings. The van der Waals surface area contributed by atoms with Crippen molar-refractivity contribution >= 4 is 30.6 Å². The van der Waals surface area contributed by atoms with E-state index in [-0.39, 0.29) is 31.5 Å². The molecule has 0 bridgehead atoms. The van der Waals surface area contributed by atoms with E-state index in [2.05, 4.69) is 17.9 Å². The highest BCUT2D eigenvalue weighted by atomic mass is 32.1. The van der Waals surface area contributed by atoms with E-state index in [1.807, 2.05) is 6.92 Å². The second-order valence-corrected chi connectivity index (χ2v) is 7.22. The Kier molecular flexibility index (Phi) is 10.6. The van der Waals surface area contributed by atoms with Crippen LogP contribution in [0.3, 0.4) is 0 Å². The Hall–Kier alpha value is -3.04. The molecule has 0 heterocycles. The van der Waals surface area contributed by atoms with E-state index < -0.39 is 24.1 Å². The molecular formula is C23H27NO7S. The lowest BCUT2D eigenvalue weighted by Crippen LogP contribution is -2.33. The highest BCUT2D eigenvalue weighted by Crippen LogP contribution is 2.34. The molecule has 0 aliphatic heterocycles. The third-order valence-corrected chi connectivity index (χ3v) is 4.80. The van der Waals surface area contributed by atoms with Crippen molar-refractivity contribution in [1.82, 2.24) is 5.32 Å². The molecule has 0 aromatic heterocycles. The number of hydrogen-bond donors (Lipinski definition) is 3. The van der Waals surface area contributed by atoms with E-state index in [1.54, 1.807) is 54.6 Å². The van der Waals surface area contributed by atoms with Crippen LogP contribution < -0.4 is 10.1 Å². The fourth-order valence-corrected chi connectivity index (χ4v) is 3.03. The summed E-state index contributed by atoms with van der Waals surface area (Å²) in [6.45, 7) is 1.83. The van der Waals surface area contributed by atoms with Gasteiger partial charge in [-0.2, -0.15) is 12.6 Å². The van der Waals surface area contributed by atoms with Crippen LogP contribution in [0.1, 0.15) is 35.4 Å². The summed E-state index contributed by atoms with van der Waals surface area (Å²) in [4.78, 5) is 36.2. The van der Waals surface area contributed by atoms with Crippen molar-refractivity contribution in [1.29, 1.82) is 0 Å². The summed E-state index contributed by atoms with van der Waals surface area (Å²) >= 11 is 3.87. The molecule has 2 amide bonds. The van der Waals surface area contributed by atoms with E-state index in [0.717, 1.165) is 0 Å². The Morgan fingerprint density at radius 1 is 1.03 bits per heavy atom. The largest absolute Gasteiger partial charge is 0.491 e. The average Bonchev–Trinajstić information content (AvgIpc) is 2.81. The number of rotatable bonds is 11. The number of aliphatic hydroxyl groups excluding tert-OH is 1. The normalized spacial score (nSPS) is 12.3. The zero-order valence-corrected chi connectivity index (χ0v) is 18.6. The lowest BCUT2D eigenvalue weighted by Gasteiger charge is -2.26. The van der Waals surface area contributed by atoms with Gasteiger partial charge in [0.2, 0.25) is 0 Å². The summed E-state index contributed by atoms with van der Waals surface area (Å²) in [7, 11) is 0. The summed E-state index contributed by atoms with van der Waals surface area (Å²) in [5, 5.41) is 11.3. The summed E-state index contributed by atoms with van der Waals surface area (Å²) < 4.78 is 16.3. The lowest BCUT2D eigenvalue weighted by molar-refractivity contribution is -0.141. The fourth-order valence-electron chi connectivity index (χ4n) is 2.94. The lowest BCUT2D eigenvalue weighted by atomic mass is 9.94. The number of carbonyl (C=O) groups is 3. The standard InChI is InChI=1S/C23H27NO7S/c1-16(11-13-30-20(26)15-32)21(18-9-5-6-10-19(18)29-14-12-25)31-23(28)24-22(27)17-7-3-2-4-8-17/h2-10,16,21,25,32H,11-15H2,1H3,(H,24,27,28)/t16-,21+/m1/s1. The number of esters is 1. The highest BCUT2D eigenvalue weighted by Gasteiger charge is 2.27. The first-order valence-electron chi connectivity index (χ1n) is 10.1. The molecule has 0 fully saturated rings. The Balaban J connectivity index is 2.17. The molecular weight excluding hydrogens is 434 g/mol. The third-order valence-electron chi connectivity index (χ3n) is 4.54. The van der Waals surface area contributed by atoms with Gasteiger partial charge in [-0.05, 0) is 24.6 Å². The Bertz CT molecular complexity index is 891. The van der Waals surface area contributed by atoms with Crippen molar-refractivity contribution in [3.63, 3.8) is 0 Å². The zero-order chi connectivity index (χ0) is 23.3. The van der Waals surface area contributed by atoms with Gasteiger partial charge in [0.1, 0.15) is 18.5 Å². The number of alkyl carbamates (subject to hydrolysis) is 1. The number of nitrogens with one attached hydrogen (secondary N) is 1. The predicted octanol–water partition coefficient (Wildman–Crippen LogP) is 3.16. The first kappa shape index (κ1) is 25.2. The van der Waals surface area contributed by atoms with Gasteiger partial charge < -0.3 is 19.3 Å². The summed E-state index contributed by atoms with van der Waals surface area (Å²) in [6.07, 6.45) is -1.33. The third kappa shape index (κ3) is 7.90. The van der Waals surface area contributed by atoms with Gasteiger partial charge in [-0.15, -0.1) is 0 Å². The number of hydrogen-bond acceptors (Lipinski definition) is 8.